The van der Waals surface area contributed by atoms with Crippen LogP contribution in [0.1, 0.15) is 55.1 Å². The molecule has 0 aromatic heterocycles. The van der Waals surface area contributed by atoms with E-state index in [0.717, 1.165) is 41.2 Å². The molecule has 2 aromatic rings. The molecule has 2 heterocycles. The first kappa shape index (κ1) is 19.8. The van der Waals surface area contributed by atoms with Crippen LogP contribution >= 0.6 is 0 Å². The molecule has 6 nitrogen and oxygen atoms in total. The molecule has 1 spiro atoms. The third-order valence-corrected chi connectivity index (χ3v) is 5.93. The fourth-order valence-electron chi connectivity index (χ4n) is 4.16. The van der Waals surface area contributed by atoms with Gasteiger partial charge < -0.3 is 25.8 Å². The minimum atomic E-state index is -0.524. The van der Waals surface area contributed by atoms with Crippen LogP contribution in [-0.4, -0.2) is 25.1 Å². The van der Waals surface area contributed by atoms with Crippen LogP contribution in [0.3, 0.4) is 0 Å². The maximum absolute atomic E-state index is 12.7. The largest absolute Gasteiger partial charge is 0.493 e. The first-order valence-corrected chi connectivity index (χ1v) is 10.9. The summed E-state index contributed by atoms with van der Waals surface area (Å²) in [4.78, 5) is 12.7. The number of ether oxygens (including phenoxy) is 2. The van der Waals surface area contributed by atoms with E-state index in [-0.39, 0.29) is 11.3 Å². The van der Waals surface area contributed by atoms with Crippen LogP contribution in [0.4, 0.5) is 0 Å². The molecule has 162 valence electrons. The lowest BCUT2D eigenvalue weighted by atomic mass is 9.72. The van der Waals surface area contributed by atoms with Gasteiger partial charge in [-0.2, -0.15) is 0 Å². The van der Waals surface area contributed by atoms with E-state index >= 15 is 0 Å². The van der Waals surface area contributed by atoms with Gasteiger partial charge in [-0.3, -0.25) is 4.79 Å². The second-order valence-corrected chi connectivity index (χ2v) is 9.99. The zero-order valence-corrected chi connectivity index (χ0v) is 18.2. The van der Waals surface area contributed by atoms with Crippen LogP contribution in [0.5, 0.6) is 17.2 Å². The van der Waals surface area contributed by atoms with Gasteiger partial charge in [-0.15, -0.1) is 0 Å². The smallest absolute Gasteiger partial charge is 0.251 e. The minimum absolute atomic E-state index is 0.0450. The maximum atomic E-state index is 12.7. The standard InChI is InChI=1S/C25H29N3O3/c1-24(2,3)14-30-17-7-9-21-19(11-17)25(12-22(26)27-13-25)18-10-15(4-8-20(18)31-21)23(29)28-16-5-6-16/h4,7-12,16,27H,5-6,13-14,26H2,1-3H3,(H,28,29)/t25-/m0/s1. The highest BCUT2D eigenvalue weighted by atomic mass is 16.5. The number of hydrogen-bond acceptors (Lipinski definition) is 5. The number of hydrogen-bond donors (Lipinski definition) is 3. The Kier molecular flexibility index (Phi) is 4.43. The molecule has 6 heteroatoms. The molecular weight excluding hydrogens is 390 g/mol. The Hall–Kier alpha value is -3.15. The van der Waals surface area contributed by atoms with Gasteiger partial charge in [0.2, 0.25) is 0 Å². The van der Waals surface area contributed by atoms with Crippen LogP contribution in [0.25, 0.3) is 0 Å². The summed E-state index contributed by atoms with van der Waals surface area (Å²) in [7, 11) is 0. The van der Waals surface area contributed by atoms with E-state index < -0.39 is 5.41 Å². The third kappa shape index (κ3) is 3.71. The molecule has 1 saturated carbocycles. The van der Waals surface area contributed by atoms with Gasteiger partial charge in [0, 0.05) is 29.3 Å². The molecule has 1 aliphatic carbocycles. The molecule has 31 heavy (non-hydrogen) atoms. The molecule has 2 aromatic carbocycles. The Morgan fingerprint density at radius 2 is 1.90 bits per heavy atom. The lowest BCUT2D eigenvalue weighted by Crippen LogP contribution is -2.35. The highest BCUT2D eigenvalue weighted by Gasteiger charge is 2.44. The van der Waals surface area contributed by atoms with Crippen molar-refractivity contribution in [3.05, 3.63) is 65.0 Å². The Morgan fingerprint density at radius 3 is 2.55 bits per heavy atom. The fraction of sp³-hybridized carbons (Fsp3) is 0.400. The number of rotatable bonds is 4. The van der Waals surface area contributed by atoms with Crippen LogP contribution in [0.2, 0.25) is 0 Å². The van der Waals surface area contributed by atoms with Crippen molar-refractivity contribution in [1.82, 2.24) is 10.6 Å². The molecule has 0 bridgehead atoms. The summed E-state index contributed by atoms with van der Waals surface area (Å²) in [6.45, 7) is 7.64. The van der Waals surface area contributed by atoms with Gasteiger partial charge in [-0.05, 0) is 60.7 Å². The molecule has 3 aliphatic rings. The molecule has 0 radical (unpaired) electrons. The van der Waals surface area contributed by atoms with Crippen molar-refractivity contribution in [2.45, 2.75) is 45.1 Å². The van der Waals surface area contributed by atoms with Crippen LogP contribution in [-0.2, 0) is 5.41 Å². The van der Waals surface area contributed by atoms with Crippen molar-refractivity contribution in [1.29, 1.82) is 0 Å². The number of nitrogens with one attached hydrogen (secondary N) is 2. The SMILES string of the molecule is CC(C)(C)COc1ccc2c(c1)[C@]1(C=C(N)NC1)c1cc(C(=O)NC3CC3)ccc1O2. The average molecular weight is 420 g/mol. The third-order valence-electron chi connectivity index (χ3n) is 5.93. The predicted molar refractivity (Wildman–Crippen MR) is 119 cm³/mol. The van der Waals surface area contributed by atoms with Gasteiger partial charge in [0.1, 0.15) is 17.2 Å². The van der Waals surface area contributed by atoms with E-state index in [1.165, 1.54) is 0 Å². The topological polar surface area (TPSA) is 85.6 Å². The Balaban J connectivity index is 1.56. The molecule has 2 aliphatic heterocycles. The molecule has 0 unspecified atom stereocenters. The molecule has 1 atom stereocenters. The number of carbonyl (C=O) groups excluding carboxylic acids is 1. The van der Waals surface area contributed by atoms with Gasteiger partial charge in [-0.25, -0.2) is 0 Å². The number of carbonyl (C=O) groups is 1. The molecule has 0 saturated heterocycles. The van der Waals surface area contributed by atoms with Gasteiger partial charge >= 0.3 is 0 Å². The van der Waals surface area contributed by atoms with E-state index in [2.05, 4.69) is 31.4 Å². The second-order valence-electron chi connectivity index (χ2n) is 9.99. The highest BCUT2D eigenvalue weighted by Crippen LogP contribution is 2.51. The Bertz CT molecular complexity index is 1080. The quantitative estimate of drug-likeness (QED) is 0.702. The molecule has 5 rings (SSSR count). The Morgan fingerprint density at radius 1 is 1.19 bits per heavy atom. The summed E-state index contributed by atoms with van der Waals surface area (Å²) < 4.78 is 12.3. The van der Waals surface area contributed by atoms with Crippen LogP contribution in [0, 0.1) is 5.41 Å². The lowest BCUT2D eigenvalue weighted by molar-refractivity contribution is 0.0951. The zero-order chi connectivity index (χ0) is 21.8. The Labute approximate surface area is 182 Å². The number of nitrogens with two attached hydrogens (primary N) is 1. The summed E-state index contributed by atoms with van der Waals surface area (Å²) >= 11 is 0. The molecule has 4 N–H and O–H groups in total. The predicted octanol–water partition coefficient (Wildman–Crippen LogP) is 3.80. The summed E-state index contributed by atoms with van der Waals surface area (Å²) in [6, 6.07) is 11.9. The minimum Gasteiger partial charge on any atom is -0.493 e. The van der Waals surface area contributed by atoms with Crippen molar-refractivity contribution >= 4 is 5.91 Å². The second kappa shape index (κ2) is 6.94. The van der Waals surface area contributed by atoms with Gasteiger partial charge in [0.05, 0.1) is 17.8 Å². The number of benzene rings is 2. The molecular formula is C25H29N3O3. The first-order valence-electron chi connectivity index (χ1n) is 10.9. The van der Waals surface area contributed by atoms with Crippen molar-refractivity contribution in [3.63, 3.8) is 0 Å². The van der Waals surface area contributed by atoms with Crippen molar-refractivity contribution in [2.24, 2.45) is 11.1 Å². The van der Waals surface area contributed by atoms with E-state index in [0.29, 0.717) is 30.6 Å². The monoisotopic (exact) mass is 419 g/mol. The van der Waals surface area contributed by atoms with Crippen molar-refractivity contribution in [2.75, 3.05) is 13.2 Å². The van der Waals surface area contributed by atoms with E-state index in [4.69, 9.17) is 15.2 Å². The molecule has 1 fully saturated rings. The summed E-state index contributed by atoms with van der Waals surface area (Å²) in [5, 5.41) is 6.34. The van der Waals surface area contributed by atoms with Crippen LogP contribution in [0.15, 0.2) is 48.3 Å². The first-order chi connectivity index (χ1) is 14.7. The van der Waals surface area contributed by atoms with Crippen molar-refractivity contribution < 1.29 is 14.3 Å². The van der Waals surface area contributed by atoms with Crippen LogP contribution < -0.4 is 25.8 Å². The summed E-state index contributed by atoms with van der Waals surface area (Å²) in [5.74, 6) is 2.88. The highest BCUT2D eigenvalue weighted by molar-refractivity contribution is 5.95. The van der Waals surface area contributed by atoms with Gasteiger partial charge in [0.25, 0.3) is 5.91 Å². The zero-order valence-electron chi connectivity index (χ0n) is 18.2. The maximum Gasteiger partial charge on any atom is 0.251 e. The van der Waals surface area contributed by atoms with Crippen molar-refractivity contribution in [3.8, 4) is 17.2 Å². The van der Waals surface area contributed by atoms with Gasteiger partial charge in [0.15, 0.2) is 0 Å². The lowest BCUT2D eigenvalue weighted by Gasteiger charge is -2.36. The van der Waals surface area contributed by atoms with E-state index in [1.54, 1.807) is 0 Å². The summed E-state index contributed by atoms with van der Waals surface area (Å²) in [5.41, 5.74) is 8.27. The van der Waals surface area contributed by atoms with E-state index in [1.807, 2.05) is 42.5 Å². The summed E-state index contributed by atoms with van der Waals surface area (Å²) in [6.07, 6.45) is 4.14. The molecule has 1 amide bonds. The average Bonchev–Trinajstić information content (AvgIpc) is 3.46. The number of amides is 1. The fourth-order valence-corrected chi connectivity index (χ4v) is 4.16. The van der Waals surface area contributed by atoms with E-state index in [9.17, 15) is 4.79 Å². The normalized spacial score (nSPS) is 21.5. The number of fused-ring (bicyclic) bond motifs is 4. The van der Waals surface area contributed by atoms with Gasteiger partial charge in [-0.1, -0.05) is 20.8 Å².